The lowest BCUT2D eigenvalue weighted by atomic mass is 9.78. The van der Waals surface area contributed by atoms with Gasteiger partial charge in [0.2, 0.25) is 5.91 Å². The molecular formula is C17H23ClN2O2. The smallest absolute Gasteiger partial charge is 0.230 e. The largest absolute Gasteiger partial charge is 0.395 e. The fourth-order valence-electron chi connectivity index (χ4n) is 3.85. The zero-order valence-electron chi connectivity index (χ0n) is 12.8. The number of piperidine rings is 1. The maximum Gasteiger partial charge on any atom is 0.230 e. The van der Waals surface area contributed by atoms with Crippen LogP contribution in [0.1, 0.15) is 24.8 Å². The molecular weight excluding hydrogens is 300 g/mol. The van der Waals surface area contributed by atoms with Crippen LogP contribution in [0.25, 0.3) is 0 Å². The lowest BCUT2D eigenvalue weighted by molar-refractivity contribution is -0.146. The van der Waals surface area contributed by atoms with E-state index in [0.29, 0.717) is 6.54 Å². The Morgan fingerprint density at radius 2 is 2.14 bits per heavy atom. The number of hydrogen-bond donors (Lipinski definition) is 1. The predicted molar refractivity (Wildman–Crippen MR) is 86.7 cm³/mol. The van der Waals surface area contributed by atoms with Gasteiger partial charge in [0.15, 0.2) is 0 Å². The van der Waals surface area contributed by atoms with Gasteiger partial charge >= 0.3 is 0 Å². The molecule has 2 fully saturated rings. The highest BCUT2D eigenvalue weighted by Crippen LogP contribution is 2.40. The Balaban J connectivity index is 1.67. The summed E-state index contributed by atoms with van der Waals surface area (Å²) in [6, 6.07) is 7.93. The van der Waals surface area contributed by atoms with Crippen LogP contribution >= 0.6 is 11.6 Å². The Hall–Kier alpha value is -1.10. The minimum Gasteiger partial charge on any atom is -0.395 e. The highest BCUT2D eigenvalue weighted by Gasteiger charge is 2.47. The maximum absolute atomic E-state index is 12.8. The van der Waals surface area contributed by atoms with E-state index in [0.717, 1.165) is 50.5 Å². The fourth-order valence-corrected chi connectivity index (χ4v) is 4.06. The van der Waals surface area contributed by atoms with Gasteiger partial charge in [-0.1, -0.05) is 23.7 Å². The minimum absolute atomic E-state index is 0.0497. The first-order chi connectivity index (χ1) is 10.6. The topological polar surface area (TPSA) is 43.8 Å². The van der Waals surface area contributed by atoms with Crippen LogP contribution in [0.5, 0.6) is 0 Å². The number of halogens is 1. The second-order valence-corrected chi connectivity index (χ2v) is 6.93. The number of nitrogens with zero attached hydrogens (tertiary/aromatic N) is 2. The van der Waals surface area contributed by atoms with Gasteiger partial charge in [-0.2, -0.15) is 0 Å². The van der Waals surface area contributed by atoms with Gasteiger partial charge in [0.1, 0.15) is 0 Å². The molecule has 1 aromatic carbocycles. The number of rotatable bonds is 4. The number of aliphatic hydroxyl groups excluding tert-OH is 1. The molecule has 0 bridgehead atoms. The second-order valence-electron chi connectivity index (χ2n) is 6.49. The van der Waals surface area contributed by atoms with Crippen molar-refractivity contribution in [2.75, 3.05) is 32.8 Å². The first kappa shape index (κ1) is 15.8. The standard InChI is InChI=1S/C17H23ClN2O2/c18-15-4-1-3-14(11-15)12-19-8-6-17(13-19)5-2-7-20(9-10-21)16(17)22/h1,3-4,11,21H,2,5-10,12-13H2/t17-/m0/s1. The van der Waals surface area contributed by atoms with Crippen LogP contribution in [0.15, 0.2) is 24.3 Å². The molecule has 2 heterocycles. The van der Waals surface area contributed by atoms with Gasteiger partial charge in [-0.3, -0.25) is 9.69 Å². The normalized spacial score (nSPS) is 26.1. The van der Waals surface area contributed by atoms with Crippen LogP contribution in [0.4, 0.5) is 0 Å². The van der Waals surface area contributed by atoms with E-state index in [1.165, 1.54) is 5.56 Å². The van der Waals surface area contributed by atoms with Gasteiger partial charge in [-0.25, -0.2) is 0 Å². The third-order valence-corrected chi connectivity index (χ3v) is 5.16. The van der Waals surface area contributed by atoms with E-state index in [1.807, 2.05) is 23.1 Å². The number of hydrogen-bond acceptors (Lipinski definition) is 3. The fraction of sp³-hybridized carbons (Fsp3) is 0.588. The van der Waals surface area contributed by atoms with Crippen molar-refractivity contribution >= 4 is 17.5 Å². The second kappa shape index (κ2) is 6.57. The van der Waals surface area contributed by atoms with Crippen molar-refractivity contribution in [2.45, 2.75) is 25.8 Å². The van der Waals surface area contributed by atoms with E-state index < -0.39 is 0 Å². The summed E-state index contributed by atoms with van der Waals surface area (Å²) < 4.78 is 0. The average Bonchev–Trinajstić information content (AvgIpc) is 2.88. The number of amides is 1. The zero-order chi connectivity index (χ0) is 15.6. The number of carbonyl (C=O) groups excluding carboxylic acids is 1. The molecule has 3 rings (SSSR count). The SMILES string of the molecule is O=C1N(CCO)CCC[C@@]12CCN(Cc1cccc(Cl)c1)C2. The molecule has 1 spiro atoms. The van der Waals surface area contributed by atoms with Crippen LogP contribution in [-0.4, -0.2) is 53.6 Å². The Labute approximate surface area is 136 Å². The van der Waals surface area contributed by atoms with E-state index in [2.05, 4.69) is 11.0 Å². The van der Waals surface area contributed by atoms with Crippen LogP contribution in [0.2, 0.25) is 5.02 Å². The predicted octanol–water partition coefficient (Wildman–Crippen LogP) is 2.15. The monoisotopic (exact) mass is 322 g/mol. The molecule has 2 saturated heterocycles. The van der Waals surface area contributed by atoms with Gasteiger partial charge in [0, 0.05) is 31.2 Å². The van der Waals surface area contributed by atoms with Crippen LogP contribution in [0.3, 0.4) is 0 Å². The molecule has 120 valence electrons. The van der Waals surface area contributed by atoms with Gasteiger partial charge in [-0.15, -0.1) is 0 Å². The van der Waals surface area contributed by atoms with E-state index >= 15 is 0 Å². The molecule has 2 aliphatic rings. The Morgan fingerprint density at radius 1 is 1.27 bits per heavy atom. The molecule has 0 aromatic heterocycles. The van der Waals surface area contributed by atoms with Gasteiger partial charge in [0.05, 0.1) is 12.0 Å². The zero-order valence-corrected chi connectivity index (χ0v) is 13.6. The summed E-state index contributed by atoms with van der Waals surface area (Å²) in [7, 11) is 0. The quantitative estimate of drug-likeness (QED) is 0.923. The number of β-amino-alcohol motifs (C(OH)–C–C–N with tert-alkyl or cyclic N) is 1. The molecule has 0 aliphatic carbocycles. The number of carbonyl (C=O) groups is 1. The van der Waals surface area contributed by atoms with Crippen molar-refractivity contribution < 1.29 is 9.90 Å². The van der Waals surface area contributed by atoms with Gasteiger partial charge < -0.3 is 10.0 Å². The van der Waals surface area contributed by atoms with E-state index in [-0.39, 0.29) is 17.9 Å². The maximum atomic E-state index is 12.8. The van der Waals surface area contributed by atoms with E-state index in [9.17, 15) is 4.79 Å². The van der Waals surface area contributed by atoms with E-state index in [1.54, 1.807) is 0 Å². The summed E-state index contributed by atoms with van der Waals surface area (Å²) in [6.45, 7) is 3.92. The molecule has 1 atom stereocenters. The lowest BCUT2D eigenvalue weighted by Gasteiger charge is -2.39. The summed E-state index contributed by atoms with van der Waals surface area (Å²) in [6.07, 6.45) is 2.94. The number of benzene rings is 1. The highest BCUT2D eigenvalue weighted by atomic mass is 35.5. The number of likely N-dealkylation sites (tertiary alicyclic amines) is 2. The third-order valence-electron chi connectivity index (χ3n) is 4.92. The van der Waals surface area contributed by atoms with Crippen molar-refractivity contribution in [1.29, 1.82) is 0 Å². The molecule has 0 unspecified atom stereocenters. The van der Waals surface area contributed by atoms with Crippen LogP contribution < -0.4 is 0 Å². The molecule has 5 heteroatoms. The van der Waals surface area contributed by atoms with Crippen molar-refractivity contribution in [1.82, 2.24) is 9.80 Å². The summed E-state index contributed by atoms with van der Waals surface area (Å²) in [5.74, 6) is 0.237. The molecule has 0 radical (unpaired) electrons. The first-order valence-corrected chi connectivity index (χ1v) is 8.38. The summed E-state index contributed by atoms with van der Waals surface area (Å²) in [5, 5.41) is 9.88. The molecule has 1 N–H and O–H groups in total. The molecule has 22 heavy (non-hydrogen) atoms. The molecule has 1 amide bonds. The Bertz CT molecular complexity index is 549. The average molecular weight is 323 g/mol. The molecule has 0 saturated carbocycles. The van der Waals surface area contributed by atoms with Crippen LogP contribution in [-0.2, 0) is 11.3 Å². The van der Waals surface area contributed by atoms with Crippen molar-refractivity contribution in [3.05, 3.63) is 34.9 Å². The highest BCUT2D eigenvalue weighted by molar-refractivity contribution is 6.30. The summed E-state index contributed by atoms with van der Waals surface area (Å²) in [4.78, 5) is 17.0. The Kier molecular flexibility index (Phi) is 4.71. The minimum atomic E-state index is -0.230. The summed E-state index contributed by atoms with van der Waals surface area (Å²) >= 11 is 6.05. The van der Waals surface area contributed by atoms with Crippen molar-refractivity contribution in [3.63, 3.8) is 0 Å². The van der Waals surface area contributed by atoms with Gasteiger partial charge in [0.25, 0.3) is 0 Å². The van der Waals surface area contributed by atoms with Crippen LogP contribution in [0, 0.1) is 5.41 Å². The van der Waals surface area contributed by atoms with Gasteiger partial charge in [-0.05, 0) is 43.5 Å². The first-order valence-electron chi connectivity index (χ1n) is 8.00. The van der Waals surface area contributed by atoms with Crippen molar-refractivity contribution in [3.8, 4) is 0 Å². The van der Waals surface area contributed by atoms with E-state index in [4.69, 9.17) is 16.7 Å². The molecule has 1 aromatic rings. The third kappa shape index (κ3) is 3.14. The summed E-state index contributed by atoms with van der Waals surface area (Å²) in [5.41, 5.74) is 0.964. The number of aliphatic hydroxyl groups is 1. The Morgan fingerprint density at radius 3 is 2.91 bits per heavy atom. The lowest BCUT2D eigenvalue weighted by Crippen LogP contribution is -2.50. The molecule has 4 nitrogen and oxygen atoms in total. The molecule has 2 aliphatic heterocycles. The van der Waals surface area contributed by atoms with Crippen molar-refractivity contribution in [2.24, 2.45) is 5.41 Å².